The first-order valence-electron chi connectivity index (χ1n) is 7.91. The standard InChI is InChI=1S/C18H8F2N2O5S/c19-18(20)26-12-2-1-8(4-13(12)27-18)11-7-21-6-9-3-10(25-15(9)11)5-14-16(23)22-17(24)28-14/h1-7H,(H,22,23,24). The Morgan fingerprint density at radius 3 is 2.71 bits per heavy atom. The number of carbonyl (C=O) groups excluding carboxylic acids is 2. The van der Waals surface area contributed by atoms with E-state index >= 15 is 0 Å². The third-order valence-corrected chi connectivity index (χ3v) is 4.88. The molecule has 1 N–H and O–H groups in total. The van der Waals surface area contributed by atoms with Crippen LogP contribution in [0.25, 0.3) is 28.2 Å². The van der Waals surface area contributed by atoms with Crippen LogP contribution in [0.15, 0.2) is 46.0 Å². The van der Waals surface area contributed by atoms with E-state index in [-0.39, 0.29) is 16.4 Å². The lowest BCUT2D eigenvalue weighted by atomic mass is 10.1. The van der Waals surface area contributed by atoms with Crippen molar-refractivity contribution in [1.82, 2.24) is 10.3 Å². The highest BCUT2D eigenvalue weighted by Gasteiger charge is 2.43. The maximum absolute atomic E-state index is 13.2. The van der Waals surface area contributed by atoms with Gasteiger partial charge < -0.3 is 13.9 Å². The zero-order valence-corrected chi connectivity index (χ0v) is 14.5. The van der Waals surface area contributed by atoms with Gasteiger partial charge in [0.1, 0.15) is 11.3 Å². The van der Waals surface area contributed by atoms with Crippen molar-refractivity contribution >= 4 is 40.0 Å². The molecule has 0 atom stereocenters. The van der Waals surface area contributed by atoms with Crippen LogP contribution >= 0.6 is 11.8 Å². The molecule has 2 aliphatic rings. The number of thioether (sulfide) groups is 1. The molecule has 7 nitrogen and oxygen atoms in total. The van der Waals surface area contributed by atoms with Gasteiger partial charge in [0.25, 0.3) is 11.1 Å². The Bertz CT molecular complexity index is 1200. The van der Waals surface area contributed by atoms with E-state index in [0.717, 1.165) is 11.8 Å². The summed E-state index contributed by atoms with van der Waals surface area (Å²) in [7, 11) is 0. The molecule has 10 heteroatoms. The van der Waals surface area contributed by atoms with Crippen molar-refractivity contribution in [2.75, 3.05) is 0 Å². The summed E-state index contributed by atoms with van der Waals surface area (Å²) < 4.78 is 41.2. The fraction of sp³-hybridized carbons (Fsp3) is 0.0556. The van der Waals surface area contributed by atoms with Gasteiger partial charge in [-0.05, 0) is 35.5 Å². The summed E-state index contributed by atoms with van der Waals surface area (Å²) in [6.07, 6.45) is 0.846. The smallest absolute Gasteiger partial charge is 0.456 e. The minimum absolute atomic E-state index is 0.0623. The number of aromatic nitrogens is 1. The van der Waals surface area contributed by atoms with E-state index in [4.69, 9.17) is 4.42 Å². The Labute approximate surface area is 159 Å². The fourth-order valence-corrected chi connectivity index (χ4v) is 3.59. The number of nitrogens with one attached hydrogen (secondary N) is 1. The Kier molecular flexibility index (Phi) is 3.47. The van der Waals surface area contributed by atoms with Gasteiger partial charge in [-0.3, -0.25) is 19.9 Å². The molecule has 2 aromatic heterocycles. The van der Waals surface area contributed by atoms with E-state index in [2.05, 4.69) is 19.8 Å². The van der Waals surface area contributed by atoms with Crippen molar-refractivity contribution in [3.8, 4) is 22.6 Å². The largest absolute Gasteiger partial charge is 0.586 e. The van der Waals surface area contributed by atoms with Gasteiger partial charge in [0.2, 0.25) is 0 Å². The maximum atomic E-state index is 13.2. The molecule has 2 aliphatic heterocycles. The summed E-state index contributed by atoms with van der Waals surface area (Å²) in [6, 6.07) is 6.03. The van der Waals surface area contributed by atoms with Gasteiger partial charge in [-0.25, -0.2) is 0 Å². The molecule has 28 heavy (non-hydrogen) atoms. The lowest BCUT2D eigenvalue weighted by Crippen LogP contribution is -2.25. The van der Waals surface area contributed by atoms with Crippen LogP contribution in [0.1, 0.15) is 5.76 Å². The number of ether oxygens (including phenoxy) is 2. The average molecular weight is 402 g/mol. The van der Waals surface area contributed by atoms with Crippen molar-refractivity contribution in [3.05, 3.63) is 47.3 Å². The molecule has 5 rings (SSSR count). The molecule has 3 aromatic rings. The van der Waals surface area contributed by atoms with Gasteiger partial charge in [-0.2, -0.15) is 0 Å². The number of halogens is 2. The number of hydrogen-bond acceptors (Lipinski definition) is 7. The molecule has 4 heterocycles. The number of carbonyl (C=O) groups is 2. The molecule has 1 fully saturated rings. The van der Waals surface area contributed by atoms with Crippen LogP contribution in [-0.4, -0.2) is 22.4 Å². The van der Waals surface area contributed by atoms with E-state index in [0.29, 0.717) is 27.9 Å². The quantitative estimate of drug-likeness (QED) is 0.644. The summed E-state index contributed by atoms with van der Waals surface area (Å²) in [4.78, 5) is 27.3. The highest BCUT2D eigenvalue weighted by Crippen LogP contribution is 2.44. The molecule has 1 aromatic carbocycles. The summed E-state index contributed by atoms with van der Waals surface area (Å²) in [5, 5.41) is 2.35. The molecule has 1 saturated heterocycles. The molecular formula is C18H8F2N2O5S. The minimum Gasteiger partial charge on any atom is -0.456 e. The Balaban J connectivity index is 1.57. The van der Waals surface area contributed by atoms with Crippen LogP contribution in [-0.2, 0) is 4.79 Å². The monoisotopic (exact) mass is 402 g/mol. The first-order valence-corrected chi connectivity index (χ1v) is 8.72. The van der Waals surface area contributed by atoms with Crippen molar-refractivity contribution < 1.29 is 32.3 Å². The van der Waals surface area contributed by atoms with Crippen molar-refractivity contribution in [2.45, 2.75) is 6.29 Å². The zero-order valence-electron chi connectivity index (χ0n) is 13.7. The van der Waals surface area contributed by atoms with Gasteiger partial charge in [-0.15, -0.1) is 8.78 Å². The van der Waals surface area contributed by atoms with Crippen LogP contribution in [0.5, 0.6) is 11.5 Å². The molecule has 0 aliphatic carbocycles. The second kappa shape index (κ2) is 5.80. The van der Waals surface area contributed by atoms with Gasteiger partial charge in [0.05, 0.1) is 4.91 Å². The summed E-state index contributed by atoms with van der Waals surface area (Å²) in [5.74, 6) is -0.298. The lowest BCUT2D eigenvalue weighted by Gasteiger charge is -2.04. The second-order valence-electron chi connectivity index (χ2n) is 5.94. The van der Waals surface area contributed by atoms with Crippen molar-refractivity contribution in [3.63, 3.8) is 0 Å². The third-order valence-electron chi connectivity index (χ3n) is 4.07. The number of benzene rings is 1. The topological polar surface area (TPSA) is 90.7 Å². The number of nitrogens with zero attached hydrogens (tertiary/aromatic N) is 1. The lowest BCUT2D eigenvalue weighted by molar-refractivity contribution is -0.286. The minimum atomic E-state index is -3.70. The van der Waals surface area contributed by atoms with Crippen LogP contribution in [0, 0.1) is 0 Å². The van der Waals surface area contributed by atoms with Gasteiger partial charge >= 0.3 is 6.29 Å². The number of hydrogen-bond donors (Lipinski definition) is 1. The van der Waals surface area contributed by atoms with E-state index in [1.54, 1.807) is 18.3 Å². The number of fused-ring (bicyclic) bond motifs is 2. The molecule has 0 unspecified atom stereocenters. The highest BCUT2D eigenvalue weighted by molar-refractivity contribution is 8.18. The number of rotatable bonds is 2. The van der Waals surface area contributed by atoms with Crippen molar-refractivity contribution in [2.24, 2.45) is 0 Å². The highest BCUT2D eigenvalue weighted by atomic mass is 32.2. The summed E-state index contributed by atoms with van der Waals surface area (Å²) >= 11 is 0.777. The number of amides is 2. The Morgan fingerprint density at radius 2 is 1.93 bits per heavy atom. The molecular weight excluding hydrogens is 394 g/mol. The van der Waals surface area contributed by atoms with Crippen LogP contribution in [0.2, 0.25) is 0 Å². The first-order chi connectivity index (χ1) is 13.4. The van der Waals surface area contributed by atoms with Gasteiger partial charge in [0.15, 0.2) is 11.5 Å². The summed E-state index contributed by atoms with van der Waals surface area (Å²) in [5.41, 5.74) is 1.53. The molecule has 0 spiro atoms. The zero-order chi connectivity index (χ0) is 19.5. The van der Waals surface area contributed by atoms with E-state index in [9.17, 15) is 18.4 Å². The average Bonchev–Trinajstić information content (AvgIpc) is 3.27. The number of alkyl halides is 2. The van der Waals surface area contributed by atoms with Crippen LogP contribution in [0.3, 0.4) is 0 Å². The van der Waals surface area contributed by atoms with Crippen LogP contribution in [0.4, 0.5) is 13.6 Å². The maximum Gasteiger partial charge on any atom is 0.586 e. The van der Waals surface area contributed by atoms with E-state index < -0.39 is 17.4 Å². The summed E-state index contributed by atoms with van der Waals surface area (Å²) in [6.45, 7) is 0. The SMILES string of the molecule is O=C1NC(=O)C(=Cc2cc3cncc(-c4ccc5c(c4)OC(F)(F)O5)c3o2)S1. The normalized spacial score (nSPS) is 18.9. The Morgan fingerprint density at radius 1 is 1.11 bits per heavy atom. The third kappa shape index (κ3) is 2.78. The predicted octanol–water partition coefficient (Wildman–Crippen LogP) is 4.14. The molecule has 0 saturated carbocycles. The number of imide groups is 1. The van der Waals surface area contributed by atoms with Gasteiger partial charge in [0, 0.05) is 29.4 Å². The number of pyridine rings is 1. The molecule has 140 valence electrons. The van der Waals surface area contributed by atoms with Crippen LogP contribution < -0.4 is 14.8 Å². The predicted molar refractivity (Wildman–Crippen MR) is 94.8 cm³/mol. The fourth-order valence-electron chi connectivity index (χ4n) is 2.93. The van der Waals surface area contributed by atoms with Gasteiger partial charge in [-0.1, -0.05) is 6.07 Å². The molecule has 0 radical (unpaired) electrons. The molecule has 0 bridgehead atoms. The van der Waals surface area contributed by atoms with Crippen molar-refractivity contribution in [1.29, 1.82) is 0 Å². The Hall–Kier alpha value is -3.40. The number of furan rings is 1. The van der Waals surface area contributed by atoms with E-state index in [1.165, 1.54) is 24.4 Å². The second-order valence-corrected chi connectivity index (χ2v) is 6.95. The van der Waals surface area contributed by atoms with E-state index in [1.807, 2.05) is 0 Å². The first kappa shape index (κ1) is 16.8. The molecule has 2 amide bonds.